The van der Waals surface area contributed by atoms with Crippen LogP contribution in [-0.2, 0) is 0 Å². The van der Waals surface area contributed by atoms with E-state index in [9.17, 15) is 0 Å². The smallest absolute Gasteiger partial charge is 0.132 e. The molecule has 3 aromatic rings. The first-order chi connectivity index (χ1) is 7.93. The van der Waals surface area contributed by atoms with E-state index in [0.29, 0.717) is 0 Å². The summed E-state index contributed by atoms with van der Waals surface area (Å²) in [6, 6.07) is 14.4. The van der Waals surface area contributed by atoms with Crippen LogP contribution in [0.4, 0.5) is 0 Å². The second-order valence-electron chi connectivity index (χ2n) is 3.62. The Balaban J connectivity index is 2.00. The summed E-state index contributed by atoms with van der Waals surface area (Å²) >= 11 is 0. The standard InChI is InChI=1S/C13H11N3/c1-2-4-11(5-3-1)12-7-9-16(10-12)13-6-8-14-15-13/h1-10H,(H,14,15). The average Bonchev–Trinajstić information content (AvgIpc) is 3.01. The van der Waals surface area contributed by atoms with Crippen molar-refractivity contribution in [3.8, 4) is 16.9 Å². The Morgan fingerprint density at radius 2 is 1.81 bits per heavy atom. The minimum atomic E-state index is 0.974. The van der Waals surface area contributed by atoms with Crippen molar-refractivity contribution in [1.82, 2.24) is 14.8 Å². The van der Waals surface area contributed by atoms with Crippen molar-refractivity contribution in [2.45, 2.75) is 0 Å². The summed E-state index contributed by atoms with van der Waals surface area (Å²) in [6.07, 6.45) is 5.86. The van der Waals surface area contributed by atoms with Crippen LogP contribution in [-0.4, -0.2) is 14.8 Å². The van der Waals surface area contributed by atoms with Crippen molar-refractivity contribution < 1.29 is 0 Å². The largest absolute Gasteiger partial charge is 0.308 e. The van der Waals surface area contributed by atoms with E-state index in [0.717, 1.165) is 5.82 Å². The highest BCUT2D eigenvalue weighted by molar-refractivity contribution is 5.63. The van der Waals surface area contributed by atoms with E-state index in [1.807, 2.05) is 35.0 Å². The predicted octanol–water partition coefficient (Wildman–Crippen LogP) is 2.87. The fourth-order valence-electron chi connectivity index (χ4n) is 1.74. The van der Waals surface area contributed by atoms with Gasteiger partial charge in [-0.2, -0.15) is 5.10 Å². The number of aromatic amines is 1. The van der Waals surface area contributed by atoms with Gasteiger partial charge in [0.2, 0.25) is 0 Å². The maximum absolute atomic E-state index is 3.93. The molecule has 78 valence electrons. The Hall–Kier alpha value is -2.29. The minimum Gasteiger partial charge on any atom is -0.308 e. The molecule has 0 saturated carbocycles. The summed E-state index contributed by atoms with van der Waals surface area (Å²) in [4.78, 5) is 0. The molecule has 3 nitrogen and oxygen atoms in total. The van der Waals surface area contributed by atoms with Gasteiger partial charge in [-0.25, -0.2) is 0 Å². The van der Waals surface area contributed by atoms with Crippen molar-refractivity contribution in [3.63, 3.8) is 0 Å². The van der Waals surface area contributed by atoms with Gasteiger partial charge in [-0.3, -0.25) is 5.10 Å². The first-order valence-corrected chi connectivity index (χ1v) is 5.17. The van der Waals surface area contributed by atoms with Crippen LogP contribution in [0.15, 0.2) is 61.1 Å². The molecule has 0 unspecified atom stereocenters. The number of aromatic nitrogens is 3. The third-order valence-corrected chi connectivity index (χ3v) is 2.56. The minimum absolute atomic E-state index is 0.974. The van der Waals surface area contributed by atoms with E-state index in [1.54, 1.807) is 6.20 Å². The van der Waals surface area contributed by atoms with Gasteiger partial charge in [0.15, 0.2) is 0 Å². The molecule has 0 saturated heterocycles. The number of nitrogens with one attached hydrogen (secondary N) is 1. The molecule has 16 heavy (non-hydrogen) atoms. The van der Waals surface area contributed by atoms with Crippen LogP contribution in [0.3, 0.4) is 0 Å². The molecule has 3 heteroatoms. The predicted molar refractivity (Wildman–Crippen MR) is 63.4 cm³/mol. The van der Waals surface area contributed by atoms with Crippen LogP contribution in [0.5, 0.6) is 0 Å². The Labute approximate surface area is 93.4 Å². The Morgan fingerprint density at radius 1 is 0.938 bits per heavy atom. The Morgan fingerprint density at radius 3 is 2.56 bits per heavy atom. The molecule has 0 aliphatic carbocycles. The van der Waals surface area contributed by atoms with Gasteiger partial charge < -0.3 is 4.57 Å². The van der Waals surface area contributed by atoms with Crippen LogP contribution < -0.4 is 0 Å². The monoisotopic (exact) mass is 209 g/mol. The van der Waals surface area contributed by atoms with Crippen molar-refractivity contribution in [1.29, 1.82) is 0 Å². The number of benzene rings is 1. The van der Waals surface area contributed by atoms with E-state index in [4.69, 9.17) is 0 Å². The molecule has 0 spiro atoms. The molecule has 2 aromatic heterocycles. The average molecular weight is 209 g/mol. The van der Waals surface area contributed by atoms with Crippen LogP contribution >= 0.6 is 0 Å². The van der Waals surface area contributed by atoms with Crippen LogP contribution in [0.25, 0.3) is 16.9 Å². The quantitative estimate of drug-likeness (QED) is 0.691. The number of rotatable bonds is 2. The summed E-state index contributed by atoms with van der Waals surface area (Å²) in [5.74, 6) is 0.974. The molecule has 0 bridgehead atoms. The molecule has 1 N–H and O–H groups in total. The fraction of sp³-hybridized carbons (Fsp3) is 0. The molecular formula is C13H11N3. The summed E-state index contributed by atoms with van der Waals surface area (Å²) in [6.45, 7) is 0. The number of H-pyrrole nitrogens is 1. The summed E-state index contributed by atoms with van der Waals surface area (Å²) in [7, 11) is 0. The molecule has 3 rings (SSSR count). The summed E-state index contributed by atoms with van der Waals surface area (Å²) in [5.41, 5.74) is 2.43. The van der Waals surface area contributed by atoms with Crippen molar-refractivity contribution in [3.05, 3.63) is 61.1 Å². The summed E-state index contributed by atoms with van der Waals surface area (Å²) in [5, 5.41) is 6.87. The van der Waals surface area contributed by atoms with Gasteiger partial charge in [-0.1, -0.05) is 30.3 Å². The SMILES string of the molecule is c1ccc(-c2ccn(-c3ccn[nH]3)c2)cc1. The highest BCUT2D eigenvalue weighted by Crippen LogP contribution is 2.20. The van der Waals surface area contributed by atoms with Gasteiger partial charge in [-0.05, 0) is 17.2 Å². The van der Waals surface area contributed by atoms with E-state index in [2.05, 4.69) is 34.6 Å². The van der Waals surface area contributed by atoms with Crippen molar-refractivity contribution in [2.75, 3.05) is 0 Å². The van der Waals surface area contributed by atoms with Gasteiger partial charge in [0.25, 0.3) is 0 Å². The molecule has 2 heterocycles. The zero-order valence-electron chi connectivity index (χ0n) is 8.67. The van der Waals surface area contributed by atoms with Gasteiger partial charge in [0.1, 0.15) is 5.82 Å². The lowest BCUT2D eigenvalue weighted by atomic mass is 10.1. The van der Waals surface area contributed by atoms with E-state index >= 15 is 0 Å². The third kappa shape index (κ3) is 1.52. The highest BCUT2D eigenvalue weighted by atomic mass is 15.2. The number of nitrogens with zero attached hydrogens (tertiary/aromatic N) is 2. The molecule has 0 amide bonds. The molecule has 0 atom stereocenters. The number of hydrogen-bond donors (Lipinski definition) is 1. The van der Waals surface area contributed by atoms with E-state index in [1.165, 1.54) is 11.1 Å². The molecule has 0 aliphatic rings. The van der Waals surface area contributed by atoms with E-state index in [-0.39, 0.29) is 0 Å². The zero-order valence-corrected chi connectivity index (χ0v) is 8.67. The lowest BCUT2D eigenvalue weighted by molar-refractivity contribution is 0.966. The van der Waals surface area contributed by atoms with Gasteiger partial charge in [-0.15, -0.1) is 0 Å². The molecular weight excluding hydrogens is 198 g/mol. The van der Waals surface area contributed by atoms with E-state index < -0.39 is 0 Å². The van der Waals surface area contributed by atoms with Gasteiger partial charge >= 0.3 is 0 Å². The fourth-order valence-corrected chi connectivity index (χ4v) is 1.74. The van der Waals surface area contributed by atoms with Crippen LogP contribution in [0.1, 0.15) is 0 Å². The number of hydrogen-bond acceptors (Lipinski definition) is 1. The first kappa shape index (κ1) is 8.97. The highest BCUT2D eigenvalue weighted by Gasteiger charge is 2.01. The second-order valence-corrected chi connectivity index (χ2v) is 3.62. The van der Waals surface area contributed by atoms with Crippen molar-refractivity contribution >= 4 is 0 Å². The molecule has 0 aliphatic heterocycles. The second kappa shape index (κ2) is 3.70. The first-order valence-electron chi connectivity index (χ1n) is 5.17. The van der Waals surface area contributed by atoms with Crippen molar-refractivity contribution in [2.24, 2.45) is 0 Å². The molecule has 0 radical (unpaired) electrons. The molecule has 0 fully saturated rings. The Bertz CT molecular complexity index is 564. The van der Waals surface area contributed by atoms with Crippen LogP contribution in [0, 0.1) is 0 Å². The molecule has 1 aromatic carbocycles. The third-order valence-electron chi connectivity index (χ3n) is 2.56. The summed E-state index contributed by atoms with van der Waals surface area (Å²) < 4.78 is 2.02. The van der Waals surface area contributed by atoms with Crippen LogP contribution in [0.2, 0.25) is 0 Å². The zero-order chi connectivity index (χ0) is 10.8. The normalized spacial score (nSPS) is 10.5. The van der Waals surface area contributed by atoms with Gasteiger partial charge in [0.05, 0.1) is 6.20 Å². The lowest BCUT2D eigenvalue weighted by Crippen LogP contribution is -1.88. The van der Waals surface area contributed by atoms with Gasteiger partial charge in [0, 0.05) is 18.5 Å². The maximum atomic E-state index is 3.93. The Kier molecular flexibility index (Phi) is 2.07. The lowest BCUT2D eigenvalue weighted by Gasteiger charge is -1.97. The maximum Gasteiger partial charge on any atom is 0.132 e. The topological polar surface area (TPSA) is 33.6 Å².